The van der Waals surface area contributed by atoms with Crippen molar-refractivity contribution in [1.82, 2.24) is 4.98 Å². The second-order valence-corrected chi connectivity index (χ2v) is 4.68. The Hall–Kier alpha value is -1.50. The minimum Gasteiger partial charge on any atom is -0.367 e. The van der Waals surface area contributed by atoms with E-state index in [0.717, 1.165) is 0 Å². The van der Waals surface area contributed by atoms with Gasteiger partial charge in [0.1, 0.15) is 0 Å². The summed E-state index contributed by atoms with van der Waals surface area (Å²) in [5.74, 6) is 1.32. The molecule has 0 fully saturated rings. The van der Waals surface area contributed by atoms with Gasteiger partial charge in [0.05, 0.1) is 0 Å². The Bertz CT molecular complexity index is 478. The van der Waals surface area contributed by atoms with E-state index in [-0.39, 0.29) is 0 Å². The van der Waals surface area contributed by atoms with Crippen molar-refractivity contribution in [2.75, 3.05) is 0 Å². The maximum atomic E-state index is 3.28. The van der Waals surface area contributed by atoms with Gasteiger partial charge in [-0.1, -0.05) is 24.3 Å². The zero-order valence-electron chi connectivity index (χ0n) is 8.53. The molecule has 0 saturated carbocycles. The van der Waals surface area contributed by atoms with Gasteiger partial charge in [0.2, 0.25) is 0 Å². The van der Waals surface area contributed by atoms with Crippen molar-refractivity contribution in [2.24, 2.45) is 0 Å². The van der Waals surface area contributed by atoms with E-state index in [1.165, 1.54) is 12.8 Å². The lowest BCUT2D eigenvalue weighted by Gasteiger charge is -2.38. The number of rotatable bonds is 0. The normalized spacial score (nSPS) is 26.1. The van der Waals surface area contributed by atoms with Crippen LogP contribution in [0.4, 0.5) is 0 Å². The molecule has 5 rings (SSSR count). The van der Waals surface area contributed by atoms with Gasteiger partial charge in [0.25, 0.3) is 0 Å². The third kappa shape index (κ3) is 0.840. The van der Waals surface area contributed by atoms with Crippen LogP contribution in [0.1, 0.15) is 46.9 Å². The van der Waals surface area contributed by atoms with Crippen molar-refractivity contribution < 1.29 is 0 Å². The second-order valence-electron chi connectivity index (χ2n) is 4.68. The lowest BCUT2D eigenvalue weighted by Crippen LogP contribution is -2.23. The largest absolute Gasteiger partial charge is 0.367 e. The molecule has 1 aromatic carbocycles. The first-order valence-corrected chi connectivity index (χ1v) is 5.70. The van der Waals surface area contributed by atoms with Gasteiger partial charge >= 0.3 is 0 Å². The molecule has 0 amide bonds. The molecular formula is C14H13N. The lowest BCUT2D eigenvalue weighted by molar-refractivity contribution is 0.523. The molecule has 0 aliphatic heterocycles. The van der Waals surface area contributed by atoms with Crippen molar-refractivity contribution in [1.29, 1.82) is 0 Å². The van der Waals surface area contributed by atoms with Gasteiger partial charge in [-0.3, -0.25) is 0 Å². The summed E-state index contributed by atoms with van der Waals surface area (Å²) in [7, 11) is 0. The molecule has 2 aromatic rings. The fraction of sp³-hybridized carbons (Fsp3) is 0.286. The summed E-state index contributed by atoms with van der Waals surface area (Å²) in [6, 6.07) is 8.96. The van der Waals surface area contributed by atoms with E-state index in [4.69, 9.17) is 0 Å². The number of nitrogens with one attached hydrogen (secondary N) is 1. The summed E-state index contributed by atoms with van der Waals surface area (Å²) >= 11 is 0. The van der Waals surface area contributed by atoms with Gasteiger partial charge in [0, 0.05) is 24.2 Å². The fourth-order valence-electron chi connectivity index (χ4n) is 3.43. The van der Waals surface area contributed by atoms with Crippen LogP contribution in [0.5, 0.6) is 0 Å². The molecule has 0 saturated heterocycles. The van der Waals surface area contributed by atoms with Gasteiger partial charge in [-0.15, -0.1) is 0 Å². The molecule has 3 aliphatic carbocycles. The number of aromatic amines is 1. The van der Waals surface area contributed by atoms with E-state index in [1.807, 2.05) is 0 Å². The molecule has 2 unspecified atom stereocenters. The standard InChI is InChI=1S/C14H13N/c1-2-4-10-9(3-1)11-5-6-12(10)14-8-15-7-13(11)14/h1-4,7-8,11-12,15H,5-6H2. The highest BCUT2D eigenvalue weighted by Crippen LogP contribution is 2.52. The Labute approximate surface area is 89.1 Å². The predicted octanol–water partition coefficient (Wildman–Crippen LogP) is 3.39. The summed E-state index contributed by atoms with van der Waals surface area (Å²) in [5, 5.41) is 0. The van der Waals surface area contributed by atoms with Crippen molar-refractivity contribution in [2.45, 2.75) is 24.7 Å². The number of hydrogen-bond donors (Lipinski definition) is 1. The van der Waals surface area contributed by atoms with E-state index < -0.39 is 0 Å². The summed E-state index contributed by atoms with van der Waals surface area (Å²) in [6.45, 7) is 0. The lowest BCUT2D eigenvalue weighted by atomic mass is 9.65. The first kappa shape index (κ1) is 7.75. The van der Waals surface area contributed by atoms with E-state index in [1.54, 1.807) is 22.3 Å². The summed E-state index contributed by atoms with van der Waals surface area (Å²) in [4.78, 5) is 3.28. The number of hydrogen-bond acceptors (Lipinski definition) is 0. The number of H-pyrrole nitrogens is 1. The highest BCUT2D eigenvalue weighted by Gasteiger charge is 2.37. The quantitative estimate of drug-likeness (QED) is 0.663. The van der Waals surface area contributed by atoms with Crippen molar-refractivity contribution in [3.05, 3.63) is 58.9 Å². The van der Waals surface area contributed by atoms with Crippen LogP contribution in [-0.2, 0) is 0 Å². The monoisotopic (exact) mass is 195 g/mol. The Balaban J connectivity index is 2.05. The third-order valence-electron chi connectivity index (χ3n) is 4.05. The molecule has 1 aromatic heterocycles. The first-order valence-electron chi connectivity index (χ1n) is 5.70. The second kappa shape index (κ2) is 2.54. The van der Waals surface area contributed by atoms with Crippen LogP contribution in [0, 0.1) is 0 Å². The molecule has 2 atom stereocenters. The maximum absolute atomic E-state index is 3.28. The van der Waals surface area contributed by atoms with Crippen LogP contribution in [0.25, 0.3) is 0 Å². The maximum Gasteiger partial charge on any atom is 0.0110 e. The molecule has 0 spiro atoms. The van der Waals surface area contributed by atoms with Gasteiger partial charge in [-0.25, -0.2) is 0 Å². The number of aromatic nitrogens is 1. The van der Waals surface area contributed by atoms with Crippen molar-refractivity contribution >= 4 is 0 Å². The fourth-order valence-corrected chi connectivity index (χ4v) is 3.43. The summed E-state index contributed by atoms with van der Waals surface area (Å²) < 4.78 is 0. The third-order valence-corrected chi connectivity index (χ3v) is 4.05. The van der Waals surface area contributed by atoms with E-state index >= 15 is 0 Å². The van der Waals surface area contributed by atoms with Crippen LogP contribution in [-0.4, -0.2) is 4.98 Å². The minimum absolute atomic E-state index is 0.660. The van der Waals surface area contributed by atoms with E-state index in [0.29, 0.717) is 11.8 Å². The molecule has 1 nitrogen and oxygen atoms in total. The average Bonchev–Trinajstić information content (AvgIpc) is 2.80. The molecule has 74 valence electrons. The van der Waals surface area contributed by atoms with Crippen molar-refractivity contribution in [3.8, 4) is 0 Å². The van der Waals surface area contributed by atoms with Gasteiger partial charge in [-0.2, -0.15) is 0 Å². The molecule has 15 heavy (non-hydrogen) atoms. The highest BCUT2D eigenvalue weighted by molar-refractivity contribution is 5.54. The molecule has 1 heteroatoms. The smallest absolute Gasteiger partial charge is 0.0110 e. The van der Waals surface area contributed by atoms with Crippen LogP contribution < -0.4 is 0 Å². The SMILES string of the molecule is c1ccc2c(c1)C1CCC2c2c[nH]cc21. The topological polar surface area (TPSA) is 15.8 Å². The number of fused-ring (bicyclic) bond motifs is 1. The van der Waals surface area contributed by atoms with E-state index in [9.17, 15) is 0 Å². The van der Waals surface area contributed by atoms with Gasteiger partial charge in [-0.05, 0) is 35.1 Å². The first-order chi connectivity index (χ1) is 7.45. The summed E-state index contributed by atoms with van der Waals surface area (Å²) in [6.07, 6.45) is 7.04. The molecule has 1 N–H and O–H groups in total. The molecule has 3 aliphatic rings. The predicted molar refractivity (Wildman–Crippen MR) is 60.2 cm³/mol. The minimum atomic E-state index is 0.660. The zero-order valence-corrected chi connectivity index (χ0v) is 8.53. The Morgan fingerprint density at radius 3 is 1.87 bits per heavy atom. The van der Waals surface area contributed by atoms with Crippen LogP contribution >= 0.6 is 0 Å². The van der Waals surface area contributed by atoms with E-state index in [2.05, 4.69) is 41.6 Å². The van der Waals surface area contributed by atoms with Crippen LogP contribution in [0.3, 0.4) is 0 Å². The molecule has 2 bridgehead atoms. The summed E-state index contributed by atoms with van der Waals surface area (Å²) in [5.41, 5.74) is 6.23. The van der Waals surface area contributed by atoms with Crippen LogP contribution in [0.2, 0.25) is 0 Å². The average molecular weight is 195 g/mol. The highest BCUT2D eigenvalue weighted by atomic mass is 14.7. The van der Waals surface area contributed by atoms with Crippen molar-refractivity contribution in [3.63, 3.8) is 0 Å². The number of benzene rings is 1. The van der Waals surface area contributed by atoms with Gasteiger partial charge in [0.15, 0.2) is 0 Å². The molecular weight excluding hydrogens is 182 g/mol. The Kier molecular flexibility index (Phi) is 1.31. The Morgan fingerprint density at radius 1 is 0.800 bits per heavy atom. The molecule has 1 heterocycles. The van der Waals surface area contributed by atoms with Crippen LogP contribution in [0.15, 0.2) is 36.7 Å². The molecule has 0 radical (unpaired) electrons. The van der Waals surface area contributed by atoms with Gasteiger partial charge < -0.3 is 4.98 Å². The Morgan fingerprint density at radius 2 is 1.33 bits per heavy atom. The zero-order chi connectivity index (χ0) is 9.83.